The van der Waals surface area contributed by atoms with E-state index in [0.717, 1.165) is 16.9 Å². The first-order chi connectivity index (χ1) is 12.1. The standard InChI is InChI=1S/C19H22N2O4/c1-23-14-7-5-13(6-8-14)18-17(20)19(22)21(18)11-12-4-9-15(24-2)16(10-12)25-3/h4-10,17-18H,11,20H2,1-3H3/t17-,18+/m1/s1. The van der Waals surface area contributed by atoms with Gasteiger partial charge in [-0.25, -0.2) is 0 Å². The smallest absolute Gasteiger partial charge is 0.242 e. The largest absolute Gasteiger partial charge is 0.497 e. The molecule has 1 saturated heterocycles. The summed E-state index contributed by atoms with van der Waals surface area (Å²) in [5.41, 5.74) is 8.00. The van der Waals surface area contributed by atoms with Gasteiger partial charge in [0, 0.05) is 6.54 Å². The molecule has 1 aliphatic rings. The SMILES string of the molecule is COc1ccc([C@H]2[C@@H](N)C(=O)N2Cc2ccc(OC)c(OC)c2)cc1. The third-order valence-electron chi connectivity index (χ3n) is 4.50. The molecule has 2 aromatic carbocycles. The number of amides is 1. The molecule has 0 aliphatic carbocycles. The number of carbonyl (C=O) groups excluding carboxylic acids is 1. The van der Waals surface area contributed by atoms with Crippen LogP contribution in [-0.2, 0) is 11.3 Å². The van der Waals surface area contributed by atoms with Gasteiger partial charge < -0.3 is 24.8 Å². The van der Waals surface area contributed by atoms with E-state index in [1.807, 2.05) is 42.5 Å². The van der Waals surface area contributed by atoms with E-state index in [9.17, 15) is 4.79 Å². The van der Waals surface area contributed by atoms with Crippen molar-refractivity contribution in [1.82, 2.24) is 4.90 Å². The summed E-state index contributed by atoms with van der Waals surface area (Å²) in [7, 11) is 4.80. The van der Waals surface area contributed by atoms with Gasteiger partial charge >= 0.3 is 0 Å². The number of nitrogens with two attached hydrogens (primary N) is 1. The number of ether oxygens (including phenoxy) is 3. The predicted molar refractivity (Wildman–Crippen MR) is 93.8 cm³/mol. The Morgan fingerprint density at radius 3 is 2.24 bits per heavy atom. The lowest BCUT2D eigenvalue weighted by atomic mass is 9.88. The number of hydrogen-bond donors (Lipinski definition) is 1. The van der Waals surface area contributed by atoms with Gasteiger partial charge in [0.15, 0.2) is 11.5 Å². The van der Waals surface area contributed by atoms with Crippen LogP contribution in [0.3, 0.4) is 0 Å². The summed E-state index contributed by atoms with van der Waals surface area (Å²) >= 11 is 0. The monoisotopic (exact) mass is 342 g/mol. The second-order valence-corrected chi connectivity index (χ2v) is 5.90. The van der Waals surface area contributed by atoms with Gasteiger partial charge in [0.05, 0.1) is 27.4 Å². The molecule has 0 spiro atoms. The molecular weight excluding hydrogens is 320 g/mol. The van der Waals surface area contributed by atoms with Crippen molar-refractivity contribution >= 4 is 5.91 Å². The molecule has 2 atom stereocenters. The van der Waals surface area contributed by atoms with E-state index in [2.05, 4.69) is 0 Å². The molecule has 1 amide bonds. The summed E-state index contributed by atoms with van der Waals surface area (Å²) in [6, 6.07) is 12.6. The first-order valence-corrected chi connectivity index (χ1v) is 8.00. The van der Waals surface area contributed by atoms with Gasteiger partial charge in [-0.2, -0.15) is 0 Å². The Kier molecular flexibility index (Phi) is 4.81. The van der Waals surface area contributed by atoms with Gasteiger partial charge in [-0.05, 0) is 35.4 Å². The van der Waals surface area contributed by atoms with Crippen LogP contribution in [0, 0.1) is 0 Å². The van der Waals surface area contributed by atoms with Crippen LogP contribution >= 0.6 is 0 Å². The molecule has 2 aromatic rings. The second-order valence-electron chi connectivity index (χ2n) is 5.90. The fraction of sp³-hybridized carbons (Fsp3) is 0.316. The summed E-state index contributed by atoms with van der Waals surface area (Å²) in [6.45, 7) is 0.462. The summed E-state index contributed by atoms with van der Waals surface area (Å²) in [5, 5.41) is 0. The zero-order chi connectivity index (χ0) is 18.0. The van der Waals surface area contributed by atoms with Crippen LogP contribution in [0.2, 0.25) is 0 Å². The lowest BCUT2D eigenvalue weighted by Gasteiger charge is -2.45. The van der Waals surface area contributed by atoms with E-state index >= 15 is 0 Å². The number of hydrogen-bond acceptors (Lipinski definition) is 5. The Morgan fingerprint density at radius 2 is 1.64 bits per heavy atom. The molecule has 25 heavy (non-hydrogen) atoms. The maximum absolute atomic E-state index is 12.3. The molecule has 132 valence electrons. The van der Waals surface area contributed by atoms with E-state index in [1.165, 1.54) is 0 Å². The third kappa shape index (κ3) is 3.13. The van der Waals surface area contributed by atoms with Crippen LogP contribution in [0.5, 0.6) is 17.2 Å². The molecule has 1 aliphatic heterocycles. The summed E-state index contributed by atoms with van der Waals surface area (Å²) < 4.78 is 15.8. The quantitative estimate of drug-likeness (QED) is 0.814. The molecule has 0 radical (unpaired) electrons. The number of rotatable bonds is 6. The zero-order valence-corrected chi connectivity index (χ0v) is 14.6. The highest BCUT2D eigenvalue weighted by Crippen LogP contribution is 2.37. The summed E-state index contributed by atoms with van der Waals surface area (Å²) in [4.78, 5) is 14.0. The highest BCUT2D eigenvalue weighted by atomic mass is 16.5. The molecular formula is C19H22N2O4. The van der Waals surface area contributed by atoms with Crippen molar-refractivity contribution in [3.8, 4) is 17.2 Å². The number of carbonyl (C=O) groups is 1. The van der Waals surface area contributed by atoms with E-state index in [0.29, 0.717) is 18.0 Å². The van der Waals surface area contributed by atoms with E-state index in [1.54, 1.807) is 26.2 Å². The van der Waals surface area contributed by atoms with Gasteiger partial charge in [0.2, 0.25) is 5.91 Å². The van der Waals surface area contributed by atoms with Crippen molar-refractivity contribution in [2.75, 3.05) is 21.3 Å². The average molecular weight is 342 g/mol. The molecule has 6 heteroatoms. The molecule has 2 N–H and O–H groups in total. The number of methoxy groups -OCH3 is 3. The summed E-state index contributed by atoms with van der Waals surface area (Å²) in [5.74, 6) is 2.01. The number of β-lactam (4-membered cyclic amide) rings is 1. The molecule has 3 rings (SSSR count). The summed E-state index contributed by atoms with van der Waals surface area (Å²) in [6.07, 6.45) is 0. The molecule has 1 heterocycles. The highest BCUT2D eigenvalue weighted by Gasteiger charge is 2.45. The lowest BCUT2D eigenvalue weighted by molar-refractivity contribution is -0.150. The van der Waals surface area contributed by atoms with Crippen LogP contribution in [0.15, 0.2) is 42.5 Å². The van der Waals surface area contributed by atoms with Crippen molar-refractivity contribution in [2.24, 2.45) is 5.73 Å². The lowest BCUT2D eigenvalue weighted by Crippen LogP contribution is -2.62. The number of nitrogens with zero attached hydrogens (tertiary/aromatic N) is 1. The van der Waals surface area contributed by atoms with Crippen LogP contribution in [0.4, 0.5) is 0 Å². The fourth-order valence-electron chi connectivity index (χ4n) is 3.12. The van der Waals surface area contributed by atoms with Crippen LogP contribution in [-0.4, -0.2) is 38.2 Å². The third-order valence-corrected chi connectivity index (χ3v) is 4.50. The zero-order valence-electron chi connectivity index (χ0n) is 14.6. The maximum Gasteiger partial charge on any atom is 0.242 e. The van der Waals surface area contributed by atoms with Crippen LogP contribution < -0.4 is 19.9 Å². The van der Waals surface area contributed by atoms with Gasteiger partial charge in [0.1, 0.15) is 11.8 Å². The molecule has 0 saturated carbocycles. The minimum absolute atomic E-state index is 0.0596. The van der Waals surface area contributed by atoms with Crippen molar-refractivity contribution < 1.29 is 19.0 Å². The molecule has 0 unspecified atom stereocenters. The Hall–Kier alpha value is -2.73. The number of likely N-dealkylation sites (tertiary alicyclic amines) is 1. The topological polar surface area (TPSA) is 74.0 Å². The van der Waals surface area contributed by atoms with Crippen LogP contribution in [0.25, 0.3) is 0 Å². The van der Waals surface area contributed by atoms with Crippen LogP contribution in [0.1, 0.15) is 17.2 Å². The molecule has 0 bridgehead atoms. The molecule has 1 fully saturated rings. The Labute approximate surface area is 147 Å². The Bertz CT molecular complexity index is 761. The Balaban J connectivity index is 1.81. The van der Waals surface area contributed by atoms with Gasteiger partial charge in [-0.15, -0.1) is 0 Å². The van der Waals surface area contributed by atoms with Crippen molar-refractivity contribution in [2.45, 2.75) is 18.6 Å². The van der Waals surface area contributed by atoms with Gasteiger partial charge in [-0.1, -0.05) is 18.2 Å². The Morgan fingerprint density at radius 1 is 0.960 bits per heavy atom. The normalized spacial score (nSPS) is 19.4. The van der Waals surface area contributed by atoms with Gasteiger partial charge in [0.25, 0.3) is 0 Å². The van der Waals surface area contributed by atoms with Crippen molar-refractivity contribution in [3.05, 3.63) is 53.6 Å². The fourth-order valence-corrected chi connectivity index (χ4v) is 3.12. The number of benzene rings is 2. The molecule has 6 nitrogen and oxygen atoms in total. The van der Waals surface area contributed by atoms with Gasteiger partial charge in [-0.3, -0.25) is 4.79 Å². The maximum atomic E-state index is 12.3. The van der Waals surface area contributed by atoms with E-state index in [4.69, 9.17) is 19.9 Å². The minimum atomic E-state index is -0.520. The highest BCUT2D eigenvalue weighted by molar-refractivity contribution is 5.89. The van der Waals surface area contributed by atoms with E-state index in [-0.39, 0.29) is 11.9 Å². The predicted octanol–water partition coefficient (Wildman–Crippen LogP) is 2.12. The molecule has 0 aromatic heterocycles. The second kappa shape index (κ2) is 7.03. The van der Waals surface area contributed by atoms with Crippen molar-refractivity contribution in [3.63, 3.8) is 0 Å². The minimum Gasteiger partial charge on any atom is -0.497 e. The van der Waals surface area contributed by atoms with Crippen molar-refractivity contribution in [1.29, 1.82) is 0 Å². The van der Waals surface area contributed by atoms with E-state index < -0.39 is 6.04 Å². The average Bonchev–Trinajstić information content (AvgIpc) is 2.67. The first kappa shape index (κ1) is 17.1. The first-order valence-electron chi connectivity index (χ1n) is 8.00.